The van der Waals surface area contributed by atoms with Crippen LogP contribution in [-0.2, 0) is 14.3 Å². The van der Waals surface area contributed by atoms with Gasteiger partial charge >= 0.3 is 5.97 Å². The minimum atomic E-state index is -0.565. The normalized spacial score (nSPS) is 14.8. The fraction of sp³-hybridized carbons (Fsp3) is 0.500. The van der Waals surface area contributed by atoms with Crippen LogP contribution in [0.25, 0.3) is 0 Å². The molecule has 1 aliphatic heterocycles. The van der Waals surface area contributed by atoms with E-state index in [2.05, 4.69) is 5.32 Å². The lowest BCUT2D eigenvalue weighted by atomic mass is 10.1. The Morgan fingerprint density at radius 3 is 2.33 bits per heavy atom. The molecule has 8 nitrogen and oxygen atoms in total. The van der Waals surface area contributed by atoms with Crippen molar-refractivity contribution >= 4 is 17.6 Å². The largest absolute Gasteiger partial charge is 0.493 e. The molecule has 0 unspecified atom stereocenters. The number of hydrogen-bond donors (Lipinski definition) is 2. The van der Waals surface area contributed by atoms with E-state index in [0.29, 0.717) is 36.9 Å². The fourth-order valence-electron chi connectivity index (χ4n) is 2.52. The van der Waals surface area contributed by atoms with Crippen LogP contribution in [0.2, 0.25) is 0 Å². The van der Waals surface area contributed by atoms with Crippen LogP contribution in [0, 0.1) is 0 Å². The third-order valence-electron chi connectivity index (χ3n) is 3.81. The predicted octanol–water partition coefficient (Wildman–Crippen LogP) is -0.656. The van der Waals surface area contributed by atoms with Crippen LogP contribution < -0.4 is 19.7 Å². The molecule has 0 saturated carbocycles. The van der Waals surface area contributed by atoms with Crippen molar-refractivity contribution in [2.45, 2.75) is 0 Å². The number of esters is 1. The summed E-state index contributed by atoms with van der Waals surface area (Å²) >= 11 is 0. The third-order valence-corrected chi connectivity index (χ3v) is 3.81. The molecular formula is C16H23N2O6+. The number of morpholine rings is 1. The standard InChI is InChI=1S/C16H22N2O6/c1-21-13-8-11(16(20)23-3)12(9-14(13)22-2)17-15(19)10-18-4-6-24-7-5-18/h8-9H,4-7,10H2,1-3H3,(H,17,19)/p+1. The minimum Gasteiger partial charge on any atom is -0.493 e. The molecule has 1 amide bonds. The highest BCUT2D eigenvalue weighted by atomic mass is 16.5. The number of carbonyl (C=O) groups excluding carboxylic acids is 2. The summed E-state index contributed by atoms with van der Waals surface area (Å²) in [4.78, 5) is 25.4. The van der Waals surface area contributed by atoms with Gasteiger partial charge in [0.1, 0.15) is 13.1 Å². The van der Waals surface area contributed by atoms with E-state index in [1.807, 2.05) is 0 Å². The summed E-state index contributed by atoms with van der Waals surface area (Å²) in [5.74, 6) is 0.0446. The van der Waals surface area contributed by atoms with Gasteiger partial charge in [0.05, 0.1) is 45.8 Å². The van der Waals surface area contributed by atoms with E-state index in [4.69, 9.17) is 18.9 Å². The first kappa shape index (κ1) is 18.0. The highest BCUT2D eigenvalue weighted by molar-refractivity contribution is 6.02. The van der Waals surface area contributed by atoms with Crippen LogP contribution in [0.3, 0.4) is 0 Å². The number of quaternary nitrogens is 1. The summed E-state index contributed by atoms with van der Waals surface area (Å²) < 4.78 is 20.5. The summed E-state index contributed by atoms with van der Waals surface area (Å²) in [6.45, 7) is 3.16. The van der Waals surface area contributed by atoms with Gasteiger partial charge in [-0.1, -0.05) is 0 Å². The molecule has 2 rings (SSSR count). The molecular weight excluding hydrogens is 316 g/mol. The topological polar surface area (TPSA) is 87.5 Å². The third kappa shape index (κ3) is 4.36. The van der Waals surface area contributed by atoms with Crippen LogP contribution in [-0.4, -0.2) is 66.1 Å². The Kier molecular flexibility index (Phi) is 6.39. The van der Waals surface area contributed by atoms with Crippen LogP contribution >= 0.6 is 0 Å². The van der Waals surface area contributed by atoms with Gasteiger partial charge in [-0.25, -0.2) is 4.79 Å². The monoisotopic (exact) mass is 339 g/mol. The maximum Gasteiger partial charge on any atom is 0.340 e. The van der Waals surface area contributed by atoms with Crippen molar-refractivity contribution in [1.82, 2.24) is 0 Å². The molecule has 1 aromatic rings. The number of ether oxygens (including phenoxy) is 4. The van der Waals surface area contributed by atoms with Gasteiger partial charge in [-0.05, 0) is 0 Å². The molecule has 1 fully saturated rings. The van der Waals surface area contributed by atoms with Gasteiger partial charge in [0.25, 0.3) is 5.91 Å². The van der Waals surface area contributed by atoms with Gasteiger partial charge < -0.3 is 29.2 Å². The molecule has 1 saturated heterocycles. The lowest BCUT2D eigenvalue weighted by Gasteiger charge is -2.23. The number of carbonyl (C=O) groups is 2. The molecule has 0 atom stereocenters. The Morgan fingerprint density at radius 1 is 1.12 bits per heavy atom. The number of hydrogen-bond acceptors (Lipinski definition) is 6. The lowest BCUT2D eigenvalue weighted by Crippen LogP contribution is -3.15. The summed E-state index contributed by atoms with van der Waals surface area (Å²) in [5.41, 5.74) is 0.539. The average Bonchev–Trinajstić information content (AvgIpc) is 2.61. The summed E-state index contributed by atoms with van der Waals surface area (Å²) in [6.07, 6.45) is 0. The van der Waals surface area contributed by atoms with Gasteiger partial charge in [-0.15, -0.1) is 0 Å². The van der Waals surface area contributed by atoms with Crippen molar-refractivity contribution in [3.8, 4) is 11.5 Å². The molecule has 1 aliphatic rings. The highest BCUT2D eigenvalue weighted by Gasteiger charge is 2.22. The van der Waals surface area contributed by atoms with E-state index in [1.165, 1.54) is 27.4 Å². The van der Waals surface area contributed by atoms with Crippen LogP contribution in [0.5, 0.6) is 11.5 Å². The van der Waals surface area contributed by atoms with Crippen molar-refractivity contribution in [1.29, 1.82) is 0 Å². The van der Waals surface area contributed by atoms with E-state index < -0.39 is 5.97 Å². The Labute approximate surface area is 140 Å². The second-order valence-electron chi connectivity index (χ2n) is 5.33. The number of anilines is 1. The van der Waals surface area contributed by atoms with Crippen LogP contribution in [0.15, 0.2) is 12.1 Å². The van der Waals surface area contributed by atoms with Crippen molar-refractivity contribution < 1.29 is 33.4 Å². The maximum absolute atomic E-state index is 12.3. The molecule has 0 aromatic heterocycles. The van der Waals surface area contributed by atoms with E-state index in [-0.39, 0.29) is 11.5 Å². The molecule has 1 aromatic carbocycles. The van der Waals surface area contributed by atoms with E-state index in [0.717, 1.165) is 18.0 Å². The van der Waals surface area contributed by atoms with Gasteiger partial charge in [-0.3, -0.25) is 4.79 Å². The molecule has 0 bridgehead atoms. The average molecular weight is 339 g/mol. The highest BCUT2D eigenvalue weighted by Crippen LogP contribution is 2.33. The Hall–Kier alpha value is -2.32. The minimum absolute atomic E-state index is 0.190. The Balaban J connectivity index is 2.19. The molecule has 8 heteroatoms. The molecule has 0 radical (unpaired) electrons. The number of rotatable bonds is 6. The second-order valence-corrected chi connectivity index (χ2v) is 5.33. The summed E-state index contributed by atoms with van der Waals surface area (Å²) in [7, 11) is 4.24. The summed E-state index contributed by atoms with van der Waals surface area (Å²) in [5, 5.41) is 2.76. The lowest BCUT2D eigenvalue weighted by molar-refractivity contribution is -0.899. The summed E-state index contributed by atoms with van der Waals surface area (Å²) in [6, 6.07) is 3.04. The molecule has 24 heavy (non-hydrogen) atoms. The number of methoxy groups -OCH3 is 3. The van der Waals surface area contributed by atoms with E-state index >= 15 is 0 Å². The van der Waals surface area contributed by atoms with Gasteiger partial charge in [0, 0.05) is 12.1 Å². The predicted molar refractivity (Wildman–Crippen MR) is 85.9 cm³/mol. The SMILES string of the molecule is COC(=O)c1cc(OC)c(OC)cc1NC(=O)C[NH+]1CCOCC1. The molecule has 0 spiro atoms. The molecule has 1 heterocycles. The molecule has 132 valence electrons. The zero-order valence-electron chi connectivity index (χ0n) is 14.1. The first-order valence-electron chi connectivity index (χ1n) is 7.64. The van der Waals surface area contributed by atoms with Crippen LogP contribution in [0.1, 0.15) is 10.4 Å². The van der Waals surface area contributed by atoms with Gasteiger partial charge in [-0.2, -0.15) is 0 Å². The molecule has 0 aliphatic carbocycles. The second kappa shape index (κ2) is 8.51. The number of benzene rings is 1. The number of amides is 1. The zero-order chi connectivity index (χ0) is 17.5. The Morgan fingerprint density at radius 2 is 1.75 bits per heavy atom. The molecule has 2 N–H and O–H groups in total. The van der Waals surface area contributed by atoms with E-state index in [1.54, 1.807) is 6.07 Å². The maximum atomic E-state index is 12.3. The van der Waals surface area contributed by atoms with Gasteiger partial charge in [0.15, 0.2) is 18.0 Å². The Bertz CT molecular complexity index is 598. The van der Waals surface area contributed by atoms with Crippen LogP contribution in [0.4, 0.5) is 5.69 Å². The fourth-order valence-corrected chi connectivity index (χ4v) is 2.52. The first-order valence-corrected chi connectivity index (χ1v) is 7.64. The van der Waals surface area contributed by atoms with E-state index in [9.17, 15) is 9.59 Å². The smallest absolute Gasteiger partial charge is 0.340 e. The first-order chi connectivity index (χ1) is 11.6. The number of nitrogens with one attached hydrogen (secondary N) is 2. The van der Waals surface area contributed by atoms with Crippen molar-refractivity contribution in [3.63, 3.8) is 0 Å². The zero-order valence-corrected chi connectivity index (χ0v) is 14.1. The van der Waals surface area contributed by atoms with Crippen molar-refractivity contribution in [3.05, 3.63) is 17.7 Å². The van der Waals surface area contributed by atoms with Gasteiger partial charge in [0.2, 0.25) is 0 Å². The van der Waals surface area contributed by atoms with Crippen molar-refractivity contribution in [2.75, 3.05) is 59.5 Å². The quantitative estimate of drug-likeness (QED) is 0.670. The van der Waals surface area contributed by atoms with Crippen molar-refractivity contribution in [2.24, 2.45) is 0 Å².